The lowest BCUT2D eigenvalue weighted by Gasteiger charge is -2.30. The molecule has 3 rings (SSSR count). The van der Waals surface area contributed by atoms with Crippen LogP contribution in [0.1, 0.15) is 35.7 Å². The van der Waals surface area contributed by atoms with E-state index in [1.807, 2.05) is 6.07 Å². The SMILES string of the molecule is CC(=O)c1ccc(OC(=O)C2CCN(S(=O)(=O)c3ccccc3C#N)CC2)cc1. The summed E-state index contributed by atoms with van der Waals surface area (Å²) in [4.78, 5) is 23.7. The summed E-state index contributed by atoms with van der Waals surface area (Å²) in [6.45, 7) is 1.80. The minimum absolute atomic E-state index is 0.0194. The molecule has 1 aliphatic rings. The summed E-state index contributed by atoms with van der Waals surface area (Å²) in [7, 11) is -3.80. The number of piperidine rings is 1. The van der Waals surface area contributed by atoms with E-state index < -0.39 is 21.9 Å². The number of ether oxygens (including phenoxy) is 1. The first kappa shape index (κ1) is 20.7. The monoisotopic (exact) mass is 412 g/mol. The Hall–Kier alpha value is -3.02. The van der Waals surface area contributed by atoms with Crippen LogP contribution in [0.4, 0.5) is 0 Å². The van der Waals surface area contributed by atoms with Gasteiger partial charge in [-0.05, 0) is 56.2 Å². The van der Waals surface area contributed by atoms with Crippen LogP contribution < -0.4 is 4.74 Å². The van der Waals surface area contributed by atoms with Crippen molar-refractivity contribution in [3.05, 3.63) is 59.7 Å². The Bertz CT molecular complexity index is 1060. The molecule has 8 heteroatoms. The molecule has 150 valence electrons. The first-order valence-corrected chi connectivity index (χ1v) is 10.6. The summed E-state index contributed by atoms with van der Waals surface area (Å²) in [6.07, 6.45) is 0.663. The number of nitrogens with zero attached hydrogens (tertiary/aromatic N) is 2. The van der Waals surface area contributed by atoms with Crippen molar-refractivity contribution in [2.24, 2.45) is 5.92 Å². The van der Waals surface area contributed by atoms with Gasteiger partial charge in [-0.25, -0.2) is 8.42 Å². The zero-order valence-electron chi connectivity index (χ0n) is 15.9. The molecule has 1 saturated heterocycles. The summed E-state index contributed by atoms with van der Waals surface area (Å²) in [5.74, 6) is -0.567. The first-order chi connectivity index (χ1) is 13.8. The number of rotatable bonds is 5. The number of esters is 1. The van der Waals surface area contributed by atoms with Gasteiger partial charge >= 0.3 is 5.97 Å². The topological polar surface area (TPSA) is 105 Å². The van der Waals surface area contributed by atoms with Crippen LogP contribution in [-0.4, -0.2) is 37.6 Å². The highest BCUT2D eigenvalue weighted by atomic mass is 32.2. The number of sulfonamides is 1. The van der Waals surface area contributed by atoms with E-state index in [1.54, 1.807) is 36.4 Å². The van der Waals surface area contributed by atoms with E-state index >= 15 is 0 Å². The minimum atomic E-state index is -3.80. The molecule has 1 heterocycles. The predicted molar refractivity (Wildman–Crippen MR) is 105 cm³/mol. The van der Waals surface area contributed by atoms with E-state index in [1.165, 1.54) is 23.4 Å². The number of Topliss-reactive ketones (excluding diaryl/α,β-unsaturated/α-hetero) is 1. The summed E-state index contributed by atoms with van der Waals surface area (Å²) < 4.78 is 32.4. The van der Waals surface area contributed by atoms with Gasteiger partial charge in [0.2, 0.25) is 10.0 Å². The summed E-state index contributed by atoms with van der Waals surface area (Å²) in [5, 5.41) is 9.17. The number of carbonyl (C=O) groups excluding carboxylic acids is 2. The molecule has 0 N–H and O–H groups in total. The Morgan fingerprint density at radius 1 is 1.07 bits per heavy atom. The van der Waals surface area contributed by atoms with Crippen molar-refractivity contribution in [1.29, 1.82) is 5.26 Å². The third-order valence-electron chi connectivity index (χ3n) is 4.89. The maximum absolute atomic E-state index is 12.9. The quantitative estimate of drug-likeness (QED) is 0.425. The highest BCUT2D eigenvalue weighted by Gasteiger charge is 2.34. The molecule has 1 aliphatic heterocycles. The number of ketones is 1. The fraction of sp³-hybridized carbons (Fsp3) is 0.286. The second-order valence-electron chi connectivity index (χ2n) is 6.79. The lowest BCUT2D eigenvalue weighted by molar-refractivity contribution is -0.140. The molecule has 29 heavy (non-hydrogen) atoms. The van der Waals surface area contributed by atoms with Crippen molar-refractivity contribution in [1.82, 2.24) is 4.31 Å². The van der Waals surface area contributed by atoms with E-state index in [0.29, 0.717) is 24.2 Å². The van der Waals surface area contributed by atoms with Crippen LogP contribution in [0.15, 0.2) is 53.4 Å². The Balaban J connectivity index is 1.63. The molecule has 0 spiro atoms. The fourth-order valence-electron chi connectivity index (χ4n) is 3.21. The second-order valence-corrected chi connectivity index (χ2v) is 8.69. The molecule has 0 atom stereocenters. The average molecular weight is 412 g/mol. The van der Waals surface area contributed by atoms with Crippen molar-refractivity contribution in [2.75, 3.05) is 13.1 Å². The van der Waals surface area contributed by atoms with E-state index in [9.17, 15) is 18.0 Å². The zero-order chi connectivity index (χ0) is 21.0. The van der Waals surface area contributed by atoms with Gasteiger partial charge < -0.3 is 4.74 Å². The van der Waals surface area contributed by atoms with Gasteiger partial charge in [-0.3, -0.25) is 9.59 Å². The van der Waals surface area contributed by atoms with Gasteiger partial charge in [-0.1, -0.05) is 12.1 Å². The Morgan fingerprint density at radius 3 is 2.28 bits per heavy atom. The molecular formula is C21H20N2O5S. The molecule has 0 aliphatic carbocycles. The molecule has 0 amide bonds. The highest BCUT2D eigenvalue weighted by Crippen LogP contribution is 2.27. The molecule has 0 saturated carbocycles. The van der Waals surface area contributed by atoms with Crippen molar-refractivity contribution in [3.63, 3.8) is 0 Å². The molecule has 0 bridgehead atoms. The molecule has 0 radical (unpaired) electrons. The Labute approximate surface area is 169 Å². The van der Waals surface area contributed by atoms with Gasteiger partial charge in [0.1, 0.15) is 11.8 Å². The van der Waals surface area contributed by atoms with E-state index in [0.717, 1.165) is 0 Å². The van der Waals surface area contributed by atoms with Crippen LogP contribution in [0.2, 0.25) is 0 Å². The van der Waals surface area contributed by atoms with Crippen molar-refractivity contribution in [2.45, 2.75) is 24.7 Å². The third-order valence-corrected chi connectivity index (χ3v) is 6.85. The van der Waals surface area contributed by atoms with E-state index in [2.05, 4.69) is 0 Å². The fourth-order valence-corrected chi connectivity index (χ4v) is 4.82. The number of hydrogen-bond donors (Lipinski definition) is 0. The average Bonchev–Trinajstić information content (AvgIpc) is 2.74. The molecule has 2 aromatic carbocycles. The Kier molecular flexibility index (Phi) is 6.11. The predicted octanol–water partition coefficient (Wildman–Crippen LogP) is 2.77. The number of nitriles is 1. The Morgan fingerprint density at radius 2 is 1.69 bits per heavy atom. The van der Waals surface area contributed by atoms with Gasteiger partial charge in [0, 0.05) is 18.7 Å². The van der Waals surface area contributed by atoms with Crippen LogP contribution >= 0.6 is 0 Å². The van der Waals surface area contributed by atoms with Crippen molar-refractivity contribution >= 4 is 21.8 Å². The number of carbonyl (C=O) groups is 2. The van der Waals surface area contributed by atoms with E-state index in [-0.39, 0.29) is 29.3 Å². The molecule has 0 aromatic heterocycles. The maximum atomic E-state index is 12.9. The van der Waals surface area contributed by atoms with Crippen LogP contribution in [0.3, 0.4) is 0 Å². The smallest absolute Gasteiger partial charge is 0.314 e. The van der Waals surface area contributed by atoms with Gasteiger partial charge in [0.15, 0.2) is 5.78 Å². The van der Waals surface area contributed by atoms with Crippen LogP contribution in [0.25, 0.3) is 0 Å². The summed E-state index contributed by atoms with van der Waals surface area (Å²) in [5.41, 5.74) is 0.629. The van der Waals surface area contributed by atoms with Gasteiger partial charge in [0.25, 0.3) is 0 Å². The van der Waals surface area contributed by atoms with Crippen LogP contribution in [0.5, 0.6) is 5.75 Å². The van der Waals surface area contributed by atoms with Gasteiger partial charge in [0.05, 0.1) is 16.4 Å². The summed E-state index contributed by atoms with van der Waals surface area (Å²) >= 11 is 0. The number of hydrogen-bond acceptors (Lipinski definition) is 6. The van der Waals surface area contributed by atoms with Crippen molar-refractivity contribution < 1.29 is 22.7 Å². The van der Waals surface area contributed by atoms with Gasteiger partial charge in [-0.15, -0.1) is 0 Å². The normalized spacial score (nSPS) is 15.4. The van der Waals surface area contributed by atoms with Gasteiger partial charge in [-0.2, -0.15) is 9.57 Å². The summed E-state index contributed by atoms with van der Waals surface area (Å²) in [6, 6.07) is 14.3. The maximum Gasteiger partial charge on any atom is 0.314 e. The molecule has 2 aromatic rings. The largest absolute Gasteiger partial charge is 0.426 e. The second kappa shape index (κ2) is 8.55. The molecule has 7 nitrogen and oxygen atoms in total. The zero-order valence-corrected chi connectivity index (χ0v) is 16.7. The van der Waals surface area contributed by atoms with Crippen LogP contribution in [0, 0.1) is 17.2 Å². The standard InChI is InChI=1S/C21H20N2O5S/c1-15(24)16-6-8-19(9-7-16)28-21(25)17-10-12-23(13-11-17)29(26,27)20-5-3-2-4-18(20)14-22/h2-9,17H,10-13H2,1H3. The highest BCUT2D eigenvalue weighted by molar-refractivity contribution is 7.89. The minimum Gasteiger partial charge on any atom is -0.426 e. The lowest BCUT2D eigenvalue weighted by atomic mass is 9.98. The lowest BCUT2D eigenvalue weighted by Crippen LogP contribution is -2.41. The molecule has 1 fully saturated rings. The first-order valence-electron chi connectivity index (χ1n) is 9.15. The third kappa shape index (κ3) is 4.53. The van der Waals surface area contributed by atoms with Crippen LogP contribution in [-0.2, 0) is 14.8 Å². The van der Waals surface area contributed by atoms with Crippen molar-refractivity contribution in [3.8, 4) is 11.8 Å². The molecule has 0 unspecified atom stereocenters. The van der Waals surface area contributed by atoms with E-state index in [4.69, 9.17) is 10.00 Å². The molecular weight excluding hydrogens is 392 g/mol. The number of benzene rings is 2.